The van der Waals surface area contributed by atoms with Crippen molar-refractivity contribution in [3.63, 3.8) is 0 Å². The number of methoxy groups -OCH3 is 1. The number of nitrogens with zero attached hydrogens (tertiary/aromatic N) is 1. The van der Waals surface area contributed by atoms with Gasteiger partial charge in [0, 0.05) is 19.0 Å². The van der Waals surface area contributed by atoms with Crippen molar-refractivity contribution >= 4 is 5.91 Å². The number of likely N-dealkylation sites (tertiary alicyclic amines) is 1. The maximum atomic E-state index is 12.6. The quantitative estimate of drug-likeness (QED) is 0.812. The van der Waals surface area contributed by atoms with Crippen LogP contribution in [0.15, 0.2) is 48.5 Å². The maximum absolute atomic E-state index is 12.6. The summed E-state index contributed by atoms with van der Waals surface area (Å²) in [7, 11) is 1.62. The summed E-state index contributed by atoms with van der Waals surface area (Å²) < 4.78 is 42.9. The number of carbonyl (C=O) groups is 1. The molecule has 1 unspecified atom stereocenters. The fourth-order valence-electron chi connectivity index (χ4n) is 3.23. The van der Waals surface area contributed by atoms with Crippen LogP contribution >= 0.6 is 0 Å². The van der Waals surface area contributed by atoms with E-state index in [1.165, 1.54) is 12.1 Å². The highest BCUT2D eigenvalue weighted by Gasteiger charge is 2.30. The molecule has 3 rings (SSSR count). The van der Waals surface area contributed by atoms with Crippen LogP contribution in [0.25, 0.3) is 0 Å². The maximum Gasteiger partial charge on any atom is 0.416 e. The lowest BCUT2D eigenvalue weighted by Crippen LogP contribution is -2.29. The molecule has 0 aromatic heterocycles. The predicted molar refractivity (Wildman–Crippen MR) is 92.1 cm³/mol. The second-order valence-corrected chi connectivity index (χ2v) is 6.47. The van der Waals surface area contributed by atoms with Gasteiger partial charge in [0.15, 0.2) is 0 Å². The fourth-order valence-corrected chi connectivity index (χ4v) is 3.23. The molecule has 1 heterocycles. The average Bonchev–Trinajstić information content (AvgIpc) is 3.12. The number of halogens is 3. The number of alkyl halides is 3. The van der Waals surface area contributed by atoms with Crippen LogP contribution in [-0.2, 0) is 17.4 Å². The Hall–Kier alpha value is -2.50. The fraction of sp³-hybridized carbons (Fsp3) is 0.350. The molecule has 6 heteroatoms. The van der Waals surface area contributed by atoms with Crippen molar-refractivity contribution in [2.45, 2.75) is 24.9 Å². The molecular formula is C20H20F3NO2. The van der Waals surface area contributed by atoms with Gasteiger partial charge in [-0.05, 0) is 41.8 Å². The minimum atomic E-state index is -4.36. The van der Waals surface area contributed by atoms with Crippen molar-refractivity contribution in [1.82, 2.24) is 4.90 Å². The highest BCUT2D eigenvalue weighted by atomic mass is 19.4. The lowest BCUT2D eigenvalue weighted by Gasteiger charge is -2.17. The zero-order valence-corrected chi connectivity index (χ0v) is 14.4. The Morgan fingerprint density at radius 1 is 1.12 bits per heavy atom. The van der Waals surface area contributed by atoms with Gasteiger partial charge in [-0.1, -0.05) is 24.3 Å². The van der Waals surface area contributed by atoms with Gasteiger partial charge in [-0.3, -0.25) is 4.79 Å². The van der Waals surface area contributed by atoms with Gasteiger partial charge in [-0.2, -0.15) is 13.2 Å². The molecule has 0 radical (unpaired) electrons. The first-order chi connectivity index (χ1) is 12.4. The molecule has 1 aliphatic rings. The van der Waals surface area contributed by atoms with Crippen LogP contribution in [0.3, 0.4) is 0 Å². The topological polar surface area (TPSA) is 29.5 Å². The van der Waals surface area contributed by atoms with Crippen LogP contribution in [-0.4, -0.2) is 31.0 Å². The minimum absolute atomic E-state index is 0.0548. The van der Waals surface area contributed by atoms with E-state index in [9.17, 15) is 18.0 Å². The first-order valence-electron chi connectivity index (χ1n) is 8.44. The summed E-state index contributed by atoms with van der Waals surface area (Å²) in [5.74, 6) is 1.01. The van der Waals surface area contributed by atoms with Crippen molar-refractivity contribution in [3.05, 3.63) is 65.2 Å². The molecule has 2 aromatic rings. The van der Waals surface area contributed by atoms with Gasteiger partial charge in [0.25, 0.3) is 0 Å². The molecule has 26 heavy (non-hydrogen) atoms. The molecule has 3 nitrogen and oxygen atoms in total. The van der Waals surface area contributed by atoms with Gasteiger partial charge in [-0.25, -0.2) is 0 Å². The molecule has 1 aliphatic heterocycles. The van der Waals surface area contributed by atoms with Crippen LogP contribution in [0.1, 0.15) is 29.0 Å². The third-order valence-electron chi connectivity index (χ3n) is 4.76. The summed E-state index contributed by atoms with van der Waals surface area (Å²) in [5.41, 5.74) is 1.06. The Morgan fingerprint density at radius 3 is 2.35 bits per heavy atom. The molecule has 1 amide bonds. The van der Waals surface area contributed by atoms with Gasteiger partial charge in [0.1, 0.15) is 5.75 Å². The van der Waals surface area contributed by atoms with Crippen molar-refractivity contribution in [3.8, 4) is 5.75 Å². The van der Waals surface area contributed by atoms with Crippen LogP contribution in [0, 0.1) is 0 Å². The van der Waals surface area contributed by atoms with Gasteiger partial charge >= 0.3 is 6.18 Å². The molecule has 1 fully saturated rings. The number of ether oxygens (including phenoxy) is 1. The van der Waals surface area contributed by atoms with Crippen molar-refractivity contribution in [2.24, 2.45) is 0 Å². The van der Waals surface area contributed by atoms with E-state index in [1.54, 1.807) is 12.0 Å². The largest absolute Gasteiger partial charge is 0.497 e. The van der Waals surface area contributed by atoms with E-state index in [1.807, 2.05) is 24.3 Å². The normalized spacial score (nSPS) is 17.4. The first kappa shape index (κ1) is 18.3. The van der Waals surface area contributed by atoms with Crippen molar-refractivity contribution < 1.29 is 22.7 Å². The Bertz CT molecular complexity index is 754. The Kier molecular flexibility index (Phi) is 5.20. The van der Waals surface area contributed by atoms with Gasteiger partial charge in [0.05, 0.1) is 19.1 Å². The molecule has 2 aromatic carbocycles. The molecule has 1 atom stereocenters. The van der Waals surface area contributed by atoms with E-state index in [2.05, 4.69) is 0 Å². The van der Waals surface area contributed by atoms with Gasteiger partial charge in [-0.15, -0.1) is 0 Å². The van der Waals surface area contributed by atoms with E-state index < -0.39 is 11.7 Å². The summed E-state index contributed by atoms with van der Waals surface area (Å²) in [5, 5.41) is 0. The highest BCUT2D eigenvalue weighted by molar-refractivity contribution is 5.79. The van der Waals surface area contributed by atoms with Crippen molar-refractivity contribution in [2.75, 3.05) is 20.2 Å². The van der Waals surface area contributed by atoms with Crippen LogP contribution < -0.4 is 4.74 Å². The third-order valence-corrected chi connectivity index (χ3v) is 4.76. The number of amides is 1. The van der Waals surface area contributed by atoms with Crippen LogP contribution in [0.5, 0.6) is 5.75 Å². The molecule has 138 valence electrons. The van der Waals surface area contributed by atoms with Crippen LogP contribution in [0.4, 0.5) is 13.2 Å². The molecular weight excluding hydrogens is 343 g/mol. The smallest absolute Gasteiger partial charge is 0.416 e. The lowest BCUT2D eigenvalue weighted by atomic mass is 9.98. The highest BCUT2D eigenvalue weighted by Crippen LogP contribution is 2.30. The summed E-state index contributed by atoms with van der Waals surface area (Å²) >= 11 is 0. The van der Waals surface area contributed by atoms with E-state index in [4.69, 9.17) is 4.74 Å². The molecule has 0 aliphatic carbocycles. The zero-order valence-electron chi connectivity index (χ0n) is 14.4. The predicted octanol–water partition coefficient (Wildman–Crippen LogP) is 4.27. The van der Waals surface area contributed by atoms with E-state index in [0.29, 0.717) is 18.7 Å². The summed E-state index contributed by atoms with van der Waals surface area (Å²) in [6.45, 7) is 1.29. The number of benzene rings is 2. The standard InChI is InChI=1S/C20H20F3NO2/c1-26-18-8-4-15(5-9-18)16-10-11-24(13-16)19(25)12-14-2-6-17(7-3-14)20(21,22)23/h2-9,16H,10-13H2,1H3. The SMILES string of the molecule is COc1ccc(C2CCN(C(=O)Cc3ccc(C(F)(F)F)cc3)C2)cc1. The van der Waals surface area contributed by atoms with E-state index in [0.717, 1.165) is 29.9 Å². The second-order valence-electron chi connectivity index (χ2n) is 6.47. The molecule has 0 bridgehead atoms. The van der Waals surface area contributed by atoms with E-state index in [-0.39, 0.29) is 18.2 Å². The molecule has 0 spiro atoms. The number of hydrogen-bond donors (Lipinski definition) is 0. The van der Waals surface area contributed by atoms with Crippen LogP contribution in [0.2, 0.25) is 0 Å². The van der Waals surface area contributed by atoms with Crippen molar-refractivity contribution in [1.29, 1.82) is 0 Å². The number of rotatable bonds is 4. The molecule has 0 N–H and O–H groups in total. The molecule has 1 saturated heterocycles. The Morgan fingerprint density at radius 2 is 1.77 bits per heavy atom. The minimum Gasteiger partial charge on any atom is -0.497 e. The zero-order chi connectivity index (χ0) is 18.7. The number of hydrogen-bond acceptors (Lipinski definition) is 2. The lowest BCUT2D eigenvalue weighted by molar-refractivity contribution is -0.137. The van der Waals surface area contributed by atoms with Gasteiger partial charge < -0.3 is 9.64 Å². The summed E-state index contributed by atoms with van der Waals surface area (Å²) in [6, 6.07) is 12.6. The average molecular weight is 363 g/mol. The Balaban J connectivity index is 1.59. The van der Waals surface area contributed by atoms with Gasteiger partial charge in [0.2, 0.25) is 5.91 Å². The molecule has 0 saturated carbocycles. The second kappa shape index (κ2) is 7.40. The van der Waals surface area contributed by atoms with E-state index >= 15 is 0 Å². The first-order valence-corrected chi connectivity index (χ1v) is 8.44. The Labute approximate surface area is 150 Å². The number of carbonyl (C=O) groups excluding carboxylic acids is 1. The summed E-state index contributed by atoms with van der Waals surface area (Å²) in [4.78, 5) is 14.2. The third kappa shape index (κ3) is 4.18. The summed E-state index contributed by atoms with van der Waals surface area (Å²) in [6.07, 6.45) is -3.36. The monoisotopic (exact) mass is 363 g/mol.